The zero-order valence-corrected chi connectivity index (χ0v) is 22.2. The minimum Gasteiger partial charge on any atom is -0.378 e. The zero-order chi connectivity index (χ0) is 24.7. The maximum atomic E-state index is 5.60. The highest BCUT2D eigenvalue weighted by atomic mass is 16.5. The third-order valence-corrected chi connectivity index (χ3v) is 7.20. The smallest absolute Gasteiger partial charge is 0.177 e. The number of hydrogen-bond acceptors (Lipinski definition) is 6. The lowest BCUT2D eigenvalue weighted by atomic mass is 9.92. The second-order valence-electron chi connectivity index (χ2n) is 11.3. The quantitative estimate of drug-likeness (QED) is 0.588. The Kier molecular flexibility index (Phi) is 6.49. The number of morpholine rings is 1. The summed E-state index contributed by atoms with van der Waals surface area (Å²) in [4.78, 5) is 9.92. The molecule has 1 aromatic carbocycles. The van der Waals surface area contributed by atoms with Gasteiger partial charge in [0.05, 0.1) is 30.3 Å². The topological polar surface area (TPSA) is 57.9 Å². The number of aryl methyl sites for hydroxylation is 1. The predicted octanol–water partition coefficient (Wildman–Crippen LogP) is 4.44. The molecule has 2 aliphatic rings. The molecule has 3 aromatic rings. The summed E-state index contributed by atoms with van der Waals surface area (Å²) in [5.74, 6) is 0.979. The highest BCUT2D eigenvalue weighted by Gasteiger charge is 2.24. The average molecular weight is 477 g/mol. The molecule has 0 aliphatic carbocycles. The summed E-state index contributed by atoms with van der Waals surface area (Å²) >= 11 is 0. The van der Waals surface area contributed by atoms with Crippen molar-refractivity contribution in [1.82, 2.24) is 19.5 Å². The number of hydrogen-bond donors (Lipinski definition) is 1. The van der Waals surface area contributed by atoms with Gasteiger partial charge in [0.1, 0.15) is 0 Å². The molecular formula is C28H40N6O. The molecule has 0 bridgehead atoms. The monoisotopic (exact) mass is 476 g/mol. The van der Waals surface area contributed by atoms with Gasteiger partial charge >= 0.3 is 0 Å². The first-order chi connectivity index (χ1) is 16.7. The van der Waals surface area contributed by atoms with Gasteiger partial charge in [0.15, 0.2) is 11.5 Å². The van der Waals surface area contributed by atoms with Gasteiger partial charge in [0.25, 0.3) is 0 Å². The van der Waals surface area contributed by atoms with Crippen LogP contribution in [0.3, 0.4) is 0 Å². The standard InChI is InChI=1S/C28H40N6O/c1-19(2)33-11-10-21-8-7-9-22(23(21)18-33)16-25-20(3)29-27-24(30-28(4,5)6)17-26(31-34(25)27)32-12-14-35-15-13-32/h7-9,17,19,30H,10-16,18H2,1-6H3. The Hall–Kier alpha value is -2.64. The molecule has 4 heterocycles. The van der Waals surface area contributed by atoms with Gasteiger partial charge in [-0.15, -0.1) is 5.10 Å². The van der Waals surface area contributed by atoms with Crippen molar-refractivity contribution in [2.45, 2.75) is 72.5 Å². The molecule has 5 rings (SSSR count). The van der Waals surface area contributed by atoms with Gasteiger partial charge in [0, 0.05) is 50.2 Å². The molecule has 2 aliphatic heterocycles. The van der Waals surface area contributed by atoms with Crippen LogP contribution in [0.2, 0.25) is 0 Å². The summed E-state index contributed by atoms with van der Waals surface area (Å²) in [6.07, 6.45) is 1.95. The summed E-state index contributed by atoms with van der Waals surface area (Å²) < 4.78 is 7.69. The SMILES string of the molecule is Cc1nc2c(NC(C)(C)C)cc(N3CCOCC3)nn2c1Cc1cccc2c1CN(C(C)C)CC2. The molecule has 7 heteroatoms. The number of anilines is 2. The van der Waals surface area contributed by atoms with E-state index in [1.807, 2.05) is 0 Å². The fourth-order valence-electron chi connectivity index (χ4n) is 5.26. The number of rotatable bonds is 5. The highest BCUT2D eigenvalue weighted by molar-refractivity contribution is 5.72. The van der Waals surface area contributed by atoms with Crippen LogP contribution in [0.5, 0.6) is 0 Å². The second-order valence-corrected chi connectivity index (χ2v) is 11.3. The van der Waals surface area contributed by atoms with E-state index in [9.17, 15) is 0 Å². The van der Waals surface area contributed by atoms with E-state index in [0.717, 1.165) is 75.1 Å². The van der Waals surface area contributed by atoms with E-state index >= 15 is 0 Å². The van der Waals surface area contributed by atoms with Crippen LogP contribution in [-0.4, -0.2) is 63.9 Å². The number of fused-ring (bicyclic) bond motifs is 2. The molecule has 0 spiro atoms. The van der Waals surface area contributed by atoms with Crippen molar-refractivity contribution in [3.8, 4) is 0 Å². The van der Waals surface area contributed by atoms with Crippen LogP contribution in [0, 0.1) is 6.92 Å². The molecule has 1 N–H and O–H groups in total. The molecule has 7 nitrogen and oxygen atoms in total. The third kappa shape index (κ3) is 5.02. The van der Waals surface area contributed by atoms with Crippen LogP contribution in [0.4, 0.5) is 11.5 Å². The van der Waals surface area contributed by atoms with Crippen LogP contribution in [-0.2, 0) is 24.1 Å². The Morgan fingerprint density at radius 2 is 1.89 bits per heavy atom. The molecule has 0 saturated carbocycles. The number of ether oxygens (including phenoxy) is 1. The van der Waals surface area contributed by atoms with E-state index in [1.54, 1.807) is 0 Å². The molecule has 188 valence electrons. The first-order valence-corrected chi connectivity index (χ1v) is 13.0. The Morgan fingerprint density at radius 1 is 1.11 bits per heavy atom. The Bertz CT molecular complexity index is 1200. The van der Waals surface area contributed by atoms with E-state index in [0.29, 0.717) is 6.04 Å². The molecule has 1 saturated heterocycles. The van der Waals surface area contributed by atoms with Gasteiger partial charge in [0.2, 0.25) is 0 Å². The van der Waals surface area contributed by atoms with Gasteiger partial charge in [-0.05, 0) is 64.7 Å². The van der Waals surface area contributed by atoms with Gasteiger partial charge in [-0.25, -0.2) is 9.50 Å². The van der Waals surface area contributed by atoms with Crippen molar-refractivity contribution in [3.63, 3.8) is 0 Å². The minimum atomic E-state index is -0.0804. The summed E-state index contributed by atoms with van der Waals surface area (Å²) in [7, 11) is 0. The molecule has 35 heavy (non-hydrogen) atoms. The Morgan fingerprint density at radius 3 is 2.60 bits per heavy atom. The van der Waals surface area contributed by atoms with Gasteiger partial charge in [-0.1, -0.05) is 18.2 Å². The number of aromatic nitrogens is 3. The van der Waals surface area contributed by atoms with Crippen molar-refractivity contribution >= 4 is 17.2 Å². The summed E-state index contributed by atoms with van der Waals surface area (Å²) in [5.41, 5.74) is 8.43. The summed E-state index contributed by atoms with van der Waals surface area (Å²) in [6.45, 7) is 18.6. The van der Waals surface area contributed by atoms with E-state index in [4.69, 9.17) is 14.8 Å². The first kappa shape index (κ1) is 24.1. The van der Waals surface area contributed by atoms with Crippen molar-refractivity contribution in [2.24, 2.45) is 0 Å². The normalized spacial score (nSPS) is 17.3. The number of imidazole rings is 1. The lowest BCUT2D eigenvalue weighted by molar-refractivity contribution is 0.122. The highest BCUT2D eigenvalue weighted by Crippen LogP contribution is 2.30. The Balaban J connectivity index is 1.59. The molecule has 0 atom stereocenters. The van der Waals surface area contributed by atoms with Crippen LogP contribution in [0.1, 0.15) is 62.7 Å². The first-order valence-electron chi connectivity index (χ1n) is 13.0. The molecule has 0 unspecified atom stereocenters. The van der Waals surface area contributed by atoms with Crippen LogP contribution in [0.25, 0.3) is 5.65 Å². The summed E-state index contributed by atoms with van der Waals surface area (Å²) in [6, 6.07) is 9.53. The molecule has 1 fully saturated rings. The van der Waals surface area contributed by atoms with Gasteiger partial charge in [-0.3, -0.25) is 4.90 Å². The van der Waals surface area contributed by atoms with Crippen LogP contribution in [0.15, 0.2) is 24.3 Å². The lowest BCUT2D eigenvalue weighted by Crippen LogP contribution is -2.37. The lowest BCUT2D eigenvalue weighted by Gasteiger charge is -2.33. The minimum absolute atomic E-state index is 0.0804. The van der Waals surface area contributed by atoms with Crippen LogP contribution >= 0.6 is 0 Å². The molecule has 2 aromatic heterocycles. The maximum Gasteiger partial charge on any atom is 0.177 e. The van der Waals surface area contributed by atoms with E-state index in [-0.39, 0.29) is 5.54 Å². The maximum absolute atomic E-state index is 5.60. The van der Waals surface area contributed by atoms with Crippen molar-refractivity contribution in [2.75, 3.05) is 43.1 Å². The molecule has 0 amide bonds. The molecular weight excluding hydrogens is 436 g/mol. The number of nitrogens with zero attached hydrogens (tertiary/aromatic N) is 5. The van der Waals surface area contributed by atoms with E-state index in [2.05, 4.69) is 85.4 Å². The van der Waals surface area contributed by atoms with E-state index in [1.165, 1.54) is 22.4 Å². The van der Waals surface area contributed by atoms with Crippen molar-refractivity contribution < 1.29 is 4.74 Å². The third-order valence-electron chi connectivity index (χ3n) is 7.20. The largest absolute Gasteiger partial charge is 0.378 e. The second kappa shape index (κ2) is 9.43. The van der Waals surface area contributed by atoms with Gasteiger partial charge in [-0.2, -0.15) is 0 Å². The van der Waals surface area contributed by atoms with E-state index < -0.39 is 0 Å². The zero-order valence-electron chi connectivity index (χ0n) is 22.2. The Labute approximate surface area is 209 Å². The average Bonchev–Trinajstić information content (AvgIpc) is 3.14. The van der Waals surface area contributed by atoms with Crippen molar-refractivity contribution in [3.05, 3.63) is 52.3 Å². The fourth-order valence-corrected chi connectivity index (χ4v) is 5.26. The fraction of sp³-hybridized carbons (Fsp3) is 0.571. The number of nitrogens with one attached hydrogen (secondary N) is 1. The molecule has 0 radical (unpaired) electrons. The van der Waals surface area contributed by atoms with Crippen LogP contribution < -0.4 is 10.2 Å². The predicted molar refractivity (Wildman–Crippen MR) is 143 cm³/mol. The van der Waals surface area contributed by atoms with Gasteiger partial charge < -0.3 is 15.0 Å². The number of benzene rings is 1. The summed E-state index contributed by atoms with van der Waals surface area (Å²) in [5, 5.41) is 8.82. The van der Waals surface area contributed by atoms with Crippen molar-refractivity contribution in [1.29, 1.82) is 0 Å².